The van der Waals surface area contributed by atoms with Gasteiger partial charge in [0.05, 0.1) is 5.92 Å². The van der Waals surface area contributed by atoms with Crippen molar-refractivity contribution in [2.24, 2.45) is 5.92 Å². The Morgan fingerprint density at radius 1 is 1.36 bits per heavy atom. The number of rotatable bonds is 5. The number of hydrogen-bond donors (Lipinski definition) is 1. The molecule has 0 saturated carbocycles. The number of carboxylic acid groups (broad SMARTS) is 1. The SMILES string of the molecule is CC[C@@H](CCc1ccccc1)C(=O)O. The standard InChI is InChI=1S/C12H16O2/c1-2-11(12(13)14)9-8-10-6-4-3-5-7-10/h3-7,11H,2,8-9H2,1H3,(H,13,14)/t11-/m0/s1. The fourth-order valence-electron chi connectivity index (χ4n) is 1.49. The Bertz CT molecular complexity index is 280. The molecule has 0 bridgehead atoms. The minimum absolute atomic E-state index is 0.199. The Morgan fingerprint density at radius 2 is 2.00 bits per heavy atom. The van der Waals surface area contributed by atoms with Crippen LogP contribution in [0.25, 0.3) is 0 Å². The maximum absolute atomic E-state index is 10.8. The van der Waals surface area contributed by atoms with E-state index in [1.54, 1.807) is 0 Å². The average Bonchev–Trinajstić information content (AvgIpc) is 2.20. The number of carbonyl (C=O) groups is 1. The number of benzene rings is 1. The number of aliphatic carboxylic acids is 1. The molecule has 0 aliphatic heterocycles. The lowest BCUT2D eigenvalue weighted by Crippen LogP contribution is -2.13. The van der Waals surface area contributed by atoms with Crippen molar-refractivity contribution in [2.75, 3.05) is 0 Å². The van der Waals surface area contributed by atoms with Crippen LogP contribution < -0.4 is 0 Å². The first kappa shape index (κ1) is 10.8. The summed E-state index contributed by atoms with van der Waals surface area (Å²) >= 11 is 0. The zero-order valence-corrected chi connectivity index (χ0v) is 8.44. The van der Waals surface area contributed by atoms with E-state index in [-0.39, 0.29) is 5.92 Å². The van der Waals surface area contributed by atoms with Crippen LogP contribution in [0.5, 0.6) is 0 Å². The Balaban J connectivity index is 2.44. The van der Waals surface area contributed by atoms with E-state index in [0.29, 0.717) is 6.42 Å². The Labute approximate surface area is 84.6 Å². The molecule has 0 saturated heterocycles. The Hall–Kier alpha value is -1.31. The molecule has 0 amide bonds. The van der Waals surface area contributed by atoms with Gasteiger partial charge in [0.25, 0.3) is 0 Å². The van der Waals surface area contributed by atoms with Crippen LogP contribution in [0.15, 0.2) is 30.3 Å². The Kier molecular flexibility index (Phi) is 4.17. The first-order chi connectivity index (χ1) is 6.74. The van der Waals surface area contributed by atoms with Gasteiger partial charge in [0, 0.05) is 0 Å². The van der Waals surface area contributed by atoms with E-state index < -0.39 is 5.97 Å². The van der Waals surface area contributed by atoms with Crippen LogP contribution in [0.4, 0.5) is 0 Å². The summed E-state index contributed by atoms with van der Waals surface area (Å²) in [5, 5.41) is 8.85. The van der Waals surface area contributed by atoms with Gasteiger partial charge in [-0.15, -0.1) is 0 Å². The molecule has 1 atom stereocenters. The van der Waals surface area contributed by atoms with Crippen molar-refractivity contribution in [3.8, 4) is 0 Å². The Morgan fingerprint density at radius 3 is 2.50 bits per heavy atom. The third kappa shape index (κ3) is 3.21. The van der Waals surface area contributed by atoms with Gasteiger partial charge in [0.1, 0.15) is 0 Å². The predicted octanol–water partition coefficient (Wildman–Crippen LogP) is 2.73. The zero-order chi connectivity index (χ0) is 10.4. The summed E-state index contributed by atoms with van der Waals surface area (Å²) in [6.07, 6.45) is 2.30. The van der Waals surface area contributed by atoms with Crippen LogP contribution in [0, 0.1) is 5.92 Å². The number of carboxylic acids is 1. The molecule has 1 N–H and O–H groups in total. The third-order valence-corrected chi connectivity index (χ3v) is 2.47. The van der Waals surface area contributed by atoms with Crippen molar-refractivity contribution in [2.45, 2.75) is 26.2 Å². The van der Waals surface area contributed by atoms with Crippen LogP contribution in [0.3, 0.4) is 0 Å². The summed E-state index contributed by atoms with van der Waals surface area (Å²) in [5.41, 5.74) is 1.22. The molecule has 0 aliphatic rings. The minimum atomic E-state index is -0.677. The summed E-state index contributed by atoms with van der Waals surface area (Å²) in [6, 6.07) is 10.0. The molecule has 0 heterocycles. The third-order valence-electron chi connectivity index (χ3n) is 2.47. The molecule has 14 heavy (non-hydrogen) atoms. The van der Waals surface area contributed by atoms with Gasteiger partial charge in [-0.3, -0.25) is 4.79 Å². The molecular formula is C12H16O2. The minimum Gasteiger partial charge on any atom is -0.481 e. The monoisotopic (exact) mass is 192 g/mol. The largest absolute Gasteiger partial charge is 0.481 e. The van der Waals surface area contributed by atoms with Gasteiger partial charge >= 0.3 is 5.97 Å². The van der Waals surface area contributed by atoms with Gasteiger partial charge in [-0.1, -0.05) is 37.3 Å². The van der Waals surface area contributed by atoms with Crippen molar-refractivity contribution in [1.29, 1.82) is 0 Å². The zero-order valence-electron chi connectivity index (χ0n) is 8.44. The van der Waals surface area contributed by atoms with E-state index in [0.717, 1.165) is 12.8 Å². The highest BCUT2D eigenvalue weighted by atomic mass is 16.4. The summed E-state index contributed by atoms with van der Waals surface area (Å²) in [7, 11) is 0. The number of hydrogen-bond acceptors (Lipinski definition) is 1. The van der Waals surface area contributed by atoms with Gasteiger partial charge in [-0.2, -0.15) is 0 Å². The van der Waals surface area contributed by atoms with Crippen molar-refractivity contribution in [1.82, 2.24) is 0 Å². The molecule has 0 unspecified atom stereocenters. The second-order valence-electron chi connectivity index (χ2n) is 3.47. The van der Waals surface area contributed by atoms with Crippen molar-refractivity contribution < 1.29 is 9.90 Å². The van der Waals surface area contributed by atoms with E-state index in [9.17, 15) is 4.79 Å². The second kappa shape index (κ2) is 5.43. The van der Waals surface area contributed by atoms with E-state index >= 15 is 0 Å². The van der Waals surface area contributed by atoms with Crippen LogP contribution in [-0.4, -0.2) is 11.1 Å². The highest BCUT2D eigenvalue weighted by molar-refractivity contribution is 5.69. The van der Waals surface area contributed by atoms with E-state index in [1.807, 2.05) is 37.3 Å². The molecule has 2 nitrogen and oxygen atoms in total. The fourth-order valence-corrected chi connectivity index (χ4v) is 1.49. The van der Waals surface area contributed by atoms with Crippen LogP contribution in [-0.2, 0) is 11.2 Å². The first-order valence-electron chi connectivity index (χ1n) is 5.00. The molecule has 1 aromatic rings. The molecule has 0 aliphatic carbocycles. The molecule has 0 spiro atoms. The second-order valence-corrected chi connectivity index (χ2v) is 3.47. The molecule has 0 fully saturated rings. The first-order valence-corrected chi connectivity index (χ1v) is 5.00. The van der Waals surface area contributed by atoms with Gasteiger partial charge in [0.2, 0.25) is 0 Å². The topological polar surface area (TPSA) is 37.3 Å². The van der Waals surface area contributed by atoms with Crippen molar-refractivity contribution in [3.63, 3.8) is 0 Å². The van der Waals surface area contributed by atoms with Gasteiger partial charge in [-0.25, -0.2) is 0 Å². The number of aryl methyl sites for hydroxylation is 1. The molecule has 2 heteroatoms. The fraction of sp³-hybridized carbons (Fsp3) is 0.417. The van der Waals surface area contributed by atoms with E-state index in [1.165, 1.54) is 5.56 Å². The predicted molar refractivity (Wildman–Crippen MR) is 56.2 cm³/mol. The highest BCUT2D eigenvalue weighted by Gasteiger charge is 2.14. The normalized spacial score (nSPS) is 12.4. The quantitative estimate of drug-likeness (QED) is 0.778. The molecule has 76 valence electrons. The van der Waals surface area contributed by atoms with Crippen LogP contribution in [0.2, 0.25) is 0 Å². The summed E-state index contributed by atoms with van der Waals surface area (Å²) in [5.74, 6) is -0.876. The summed E-state index contributed by atoms with van der Waals surface area (Å²) in [6.45, 7) is 1.92. The maximum Gasteiger partial charge on any atom is 0.306 e. The van der Waals surface area contributed by atoms with Crippen LogP contribution >= 0.6 is 0 Å². The van der Waals surface area contributed by atoms with Gasteiger partial charge in [0.15, 0.2) is 0 Å². The van der Waals surface area contributed by atoms with E-state index in [4.69, 9.17) is 5.11 Å². The van der Waals surface area contributed by atoms with Gasteiger partial charge in [-0.05, 0) is 24.8 Å². The maximum atomic E-state index is 10.8. The van der Waals surface area contributed by atoms with Crippen LogP contribution in [0.1, 0.15) is 25.3 Å². The summed E-state index contributed by atoms with van der Waals surface area (Å²) < 4.78 is 0. The van der Waals surface area contributed by atoms with Crippen molar-refractivity contribution in [3.05, 3.63) is 35.9 Å². The highest BCUT2D eigenvalue weighted by Crippen LogP contribution is 2.12. The molecule has 0 radical (unpaired) electrons. The van der Waals surface area contributed by atoms with E-state index in [2.05, 4.69) is 0 Å². The summed E-state index contributed by atoms with van der Waals surface area (Å²) in [4.78, 5) is 10.8. The molecule has 1 rings (SSSR count). The van der Waals surface area contributed by atoms with Gasteiger partial charge < -0.3 is 5.11 Å². The lowest BCUT2D eigenvalue weighted by atomic mass is 9.97. The van der Waals surface area contributed by atoms with Crippen molar-refractivity contribution >= 4 is 5.97 Å². The molecular weight excluding hydrogens is 176 g/mol. The molecule has 1 aromatic carbocycles. The average molecular weight is 192 g/mol. The molecule has 0 aromatic heterocycles. The lowest BCUT2D eigenvalue weighted by molar-refractivity contribution is -0.142. The smallest absolute Gasteiger partial charge is 0.306 e. The lowest BCUT2D eigenvalue weighted by Gasteiger charge is -2.08.